The molecular formula is C20H33N3O3S. The standard InChI is InChI=1S/C20H33N3O3S/c1-4-10-22-14-17(21-27(25,26)23(5-2)6-3)11-16-12-18-15(13-19(16)22)8-7-9-20(18)24/h7-9,16-17,19,21,24H,4-6,10-14H2,1-3H3/t16-,17-,19-/m1/s1. The molecule has 0 bridgehead atoms. The molecule has 1 aromatic carbocycles. The van der Waals surface area contributed by atoms with E-state index in [1.54, 1.807) is 6.07 Å². The smallest absolute Gasteiger partial charge is 0.279 e. The number of nitrogens with one attached hydrogen (secondary N) is 1. The van der Waals surface area contributed by atoms with Gasteiger partial charge in [0.15, 0.2) is 0 Å². The first kappa shape index (κ1) is 20.6. The van der Waals surface area contributed by atoms with Crippen LogP contribution < -0.4 is 4.72 Å². The van der Waals surface area contributed by atoms with Crippen molar-refractivity contribution in [2.45, 2.75) is 58.5 Å². The van der Waals surface area contributed by atoms with Gasteiger partial charge in [-0.25, -0.2) is 0 Å². The van der Waals surface area contributed by atoms with Gasteiger partial charge in [0.05, 0.1) is 0 Å². The monoisotopic (exact) mass is 395 g/mol. The second kappa shape index (κ2) is 8.47. The minimum atomic E-state index is -3.46. The molecule has 3 atom stereocenters. The van der Waals surface area contributed by atoms with Crippen molar-refractivity contribution >= 4 is 10.2 Å². The summed E-state index contributed by atoms with van der Waals surface area (Å²) in [6, 6.07) is 6.13. The average molecular weight is 396 g/mol. The number of phenolic OH excluding ortho intramolecular Hbond substituents is 1. The van der Waals surface area contributed by atoms with E-state index in [2.05, 4.69) is 22.6 Å². The van der Waals surface area contributed by atoms with Crippen LogP contribution in [-0.4, -0.2) is 61.0 Å². The van der Waals surface area contributed by atoms with Crippen molar-refractivity contribution in [3.63, 3.8) is 0 Å². The molecular weight excluding hydrogens is 362 g/mol. The van der Waals surface area contributed by atoms with Gasteiger partial charge in [0.2, 0.25) is 0 Å². The van der Waals surface area contributed by atoms with E-state index >= 15 is 0 Å². The molecule has 2 N–H and O–H groups in total. The van der Waals surface area contributed by atoms with E-state index in [0.29, 0.717) is 30.8 Å². The molecule has 1 saturated heterocycles. The number of nitrogens with zero attached hydrogens (tertiary/aromatic N) is 2. The average Bonchev–Trinajstić information content (AvgIpc) is 2.62. The van der Waals surface area contributed by atoms with E-state index in [1.165, 1.54) is 9.87 Å². The SMILES string of the molecule is CCCN1C[C@H](NS(=O)(=O)N(CC)CC)C[C@@H]2Cc3c(O)cccc3C[C@H]21. The highest BCUT2D eigenvalue weighted by Gasteiger charge is 2.40. The van der Waals surface area contributed by atoms with Gasteiger partial charge in [0, 0.05) is 31.7 Å². The van der Waals surface area contributed by atoms with Gasteiger partial charge in [-0.05, 0) is 55.3 Å². The number of likely N-dealkylation sites (tertiary alicyclic amines) is 1. The van der Waals surface area contributed by atoms with Gasteiger partial charge in [-0.3, -0.25) is 4.90 Å². The number of hydrogen-bond acceptors (Lipinski definition) is 4. The molecule has 0 spiro atoms. The van der Waals surface area contributed by atoms with E-state index in [0.717, 1.165) is 44.3 Å². The number of benzene rings is 1. The molecule has 27 heavy (non-hydrogen) atoms. The van der Waals surface area contributed by atoms with Crippen molar-refractivity contribution in [1.82, 2.24) is 13.9 Å². The Hall–Kier alpha value is -1.15. The Morgan fingerprint density at radius 1 is 1.22 bits per heavy atom. The fraction of sp³-hybridized carbons (Fsp3) is 0.700. The summed E-state index contributed by atoms with van der Waals surface area (Å²) in [5.74, 6) is 0.731. The zero-order chi connectivity index (χ0) is 19.6. The van der Waals surface area contributed by atoms with Crippen molar-refractivity contribution in [2.24, 2.45) is 5.92 Å². The Bertz CT molecular complexity index is 749. The van der Waals surface area contributed by atoms with E-state index in [-0.39, 0.29) is 6.04 Å². The fourth-order valence-corrected chi connectivity index (χ4v) is 6.26. The molecule has 1 aliphatic heterocycles. The molecule has 7 heteroatoms. The molecule has 0 radical (unpaired) electrons. The Kier molecular flexibility index (Phi) is 6.46. The molecule has 1 fully saturated rings. The maximum atomic E-state index is 12.7. The minimum Gasteiger partial charge on any atom is -0.508 e. The first-order valence-corrected chi connectivity index (χ1v) is 11.6. The Morgan fingerprint density at radius 3 is 2.63 bits per heavy atom. The van der Waals surface area contributed by atoms with Crippen LogP contribution in [0.2, 0.25) is 0 Å². The summed E-state index contributed by atoms with van der Waals surface area (Å²) in [4.78, 5) is 2.45. The zero-order valence-corrected chi connectivity index (χ0v) is 17.5. The van der Waals surface area contributed by atoms with Crippen LogP contribution in [0.25, 0.3) is 0 Å². The van der Waals surface area contributed by atoms with E-state index in [4.69, 9.17) is 0 Å². The van der Waals surface area contributed by atoms with Gasteiger partial charge in [-0.2, -0.15) is 17.4 Å². The highest BCUT2D eigenvalue weighted by atomic mass is 32.2. The summed E-state index contributed by atoms with van der Waals surface area (Å²) in [6.45, 7) is 8.58. The highest BCUT2D eigenvalue weighted by molar-refractivity contribution is 7.87. The number of phenols is 1. The summed E-state index contributed by atoms with van der Waals surface area (Å²) in [5, 5.41) is 10.3. The Morgan fingerprint density at radius 2 is 1.96 bits per heavy atom. The largest absolute Gasteiger partial charge is 0.508 e. The molecule has 152 valence electrons. The number of aromatic hydroxyl groups is 1. The van der Waals surface area contributed by atoms with Crippen molar-refractivity contribution < 1.29 is 13.5 Å². The summed E-state index contributed by atoms with van der Waals surface area (Å²) >= 11 is 0. The normalized spacial score (nSPS) is 26.0. The first-order valence-electron chi connectivity index (χ1n) is 10.2. The van der Waals surface area contributed by atoms with Crippen LogP contribution >= 0.6 is 0 Å². The van der Waals surface area contributed by atoms with Crippen molar-refractivity contribution in [3.05, 3.63) is 29.3 Å². The van der Waals surface area contributed by atoms with E-state index in [9.17, 15) is 13.5 Å². The third-order valence-electron chi connectivity index (χ3n) is 6.07. The summed E-state index contributed by atoms with van der Waals surface area (Å²) in [6.07, 6.45) is 3.62. The lowest BCUT2D eigenvalue weighted by molar-refractivity contribution is 0.0679. The number of rotatable bonds is 7. The fourth-order valence-electron chi connectivity index (χ4n) is 4.84. The van der Waals surface area contributed by atoms with Gasteiger partial charge in [-0.15, -0.1) is 0 Å². The van der Waals surface area contributed by atoms with Gasteiger partial charge >= 0.3 is 0 Å². The Labute approximate surface area is 163 Å². The molecule has 1 heterocycles. The molecule has 0 amide bonds. The summed E-state index contributed by atoms with van der Waals surface area (Å²) in [7, 11) is -3.46. The molecule has 0 aromatic heterocycles. The van der Waals surface area contributed by atoms with Crippen LogP contribution in [0.3, 0.4) is 0 Å². The van der Waals surface area contributed by atoms with Gasteiger partial charge in [0.25, 0.3) is 10.2 Å². The van der Waals surface area contributed by atoms with Crippen molar-refractivity contribution in [1.29, 1.82) is 0 Å². The molecule has 1 aliphatic carbocycles. The molecule has 0 saturated carbocycles. The van der Waals surface area contributed by atoms with Crippen LogP contribution in [0, 0.1) is 5.92 Å². The van der Waals surface area contributed by atoms with Gasteiger partial charge < -0.3 is 5.11 Å². The Balaban J connectivity index is 1.81. The molecule has 2 aliphatic rings. The van der Waals surface area contributed by atoms with Crippen LogP contribution in [0.5, 0.6) is 5.75 Å². The van der Waals surface area contributed by atoms with Gasteiger partial charge in [-0.1, -0.05) is 32.9 Å². The lowest BCUT2D eigenvalue weighted by atomic mass is 9.74. The molecule has 0 unspecified atom stereocenters. The second-order valence-electron chi connectivity index (χ2n) is 7.79. The van der Waals surface area contributed by atoms with Crippen LogP contribution in [0.1, 0.15) is 44.7 Å². The van der Waals surface area contributed by atoms with E-state index in [1.807, 2.05) is 19.9 Å². The highest BCUT2D eigenvalue weighted by Crippen LogP contribution is 2.38. The molecule has 6 nitrogen and oxygen atoms in total. The van der Waals surface area contributed by atoms with Crippen LogP contribution in [0.15, 0.2) is 18.2 Å². The maximum absolute atomic E-state index is 12.7. The molecule has 1 aromatic rings. The summed E-state index contributed by atoms with van der Waals surface area (Å²) < 4.78 is 29.8. The topological polar surface area (TPSA) is 72.9 Å². The third kappa shape index (κ3) is 4.31. The van der Waals surface area contributed by atoms with Crippen molar-refractivity contribution in [3.8, 4) is 5.75 Å². The zero-order valence-electron chi connectivity index (χ0n) is 16.7. The number of fused-ring (bicyclic) bond motifs is 2. The van der Waals surface area contributed by atoms with Crippen LogP contribution in [0.4, 0.5) is 0 Å². The number of hydrogen-bond donors (Lipinski definition) is 2. The van der Waals surface area contributed by atoms with Gasteiger partial charge in [0.1, 0.15) is 5.75 Å². The quantitative estimate of drug-likeness (QED) is 0.742. The predicted octanol–water partition coefficient (Wildman–Crippen LogP) is 2.14. The summed E-state index contributed by atoms with van der Waals surface area (Å²) in [5.41, 5.74) is 2.28. The predicted molar refractivity (Wildman–Crippen MR) is 108 cm³/mol. The maximum Gasteiger partial charge on any atom is 0.279 e. The minimum absolute atomic E-state index is 0.0872. The first-order chi connectivity index (χ1) is 12.9. The number of piperidine rings is 1. The van der Waals surface area contributed by atoms with Crippen molar-refractivity contribution in [2.75, 3.05) is 26.2 Å². The third-order valence-corrected chi connectivity index (χ3v) is 7.90. The van der Waals surface area contributed by atoms with Crippen LogP contribution in [-0.2, 0) is 23.1 Å². The lowest BCUT2D eigenvalue weighted by Crippen LogP contribution is -2.59. The second-order valence-corrected chi connectivity index (χ2v) is 9.49. The molecule has 3 rings (SSSR count). The lowest BCUT2D eigenvalue weighted by Gasteiger charge is -2.47. The van der Waals surface area contributed by atoms with E-state index < -0.39 is 10.2 Å².